The number of nitrogens with two attached hydrogens (primary N) is 1. The third-order valence-corrected chi connectivity index (χ3v) is 2.72. The topological polar surface area (TPSA) is 56.8 Å². The molecule has 4 nitrogen and oxygen atoms in total. The van der Waals surface area contributed by atoms with Crippen molar-refractivity contribution in [2.45, 2.75) is 0 Å². The number of para-hydroxylation sites is 2. The largest absolute Gasteiger partial charge is 0.497 e. The average molecular weight is 256 g/mol. The van der Waals surface area contributed by atoms with Gasteiger partial charge in [0.05, 0.1) is 25.6 Å². The smallest absolute Gasteiger partial charge is 0.131 e. The number of nitrogens with zero attached hydrogens (tertiary/aromatic N) is 1. The second-order valence-electron chi connectivity index (χ2n) is 3.92. The lowest BCUT2D eigenvalue weighted by atomic mass is 10.2. The summed E-state index contributed by atoms with van der Waals surface area (Å²) in [6.07, 6.45) is 1.73. The number of hydrogen-bond donors (Lipinski definition) is 1. The fourth-order valence-corrected chi connectivity index (χ4v) is 1.67. The summed E-state index contributed by atoms with van der Waals surface area (Å²) < 4.78 is 10.5. The van der Waals surface area contributed by atoms with Crippen molar-refractivity contribution in [2.24, 2.45) is 4.99 Å². The van der Waals surface area contributed by atoms with Crippen LogP contribution in [0, 0.1) is 0 Å². The third kappa shape index (κ3) is 3.04. The monoisotopic (exact) mass is 256 g/mol. The van der Waals surface area contributed by atoms with Gasteiger partial charge in [-0.15, -0.1) is 0 Å². The Kier molecular flexibility index (Phi) is 4.03. The highest BCUT2D eigenvalue weighted by Gasteiger charge is 2.03. The summed E-state index contributed by atoms with van der Waals surface area (Å²) in [6.45, 7) is 0. The van der Waals surface area contributed by atoms with Crippen LogP contribution in [0.3, 0.4) is 0 Å². The highest BCUT2D eigenvalue weighted by Crippen LogP contribution is 2.25. The van der Waals surface area contributed by atoms with Crippen LogP contribution >= 0.6 is 0 Å². The predicted octanol–water partition coefficient (Wildman–Crippen LogP) is 3.04. The summed E-state index contributed by atoms with van der Waals surface area (Å²) in [7, 11) is 3.23. The maximum absolute atomic E-state index is 5.84. The van der Waals surface area contributed by atoms with Gasteiger partial charge in [-0.05, 0) is 24.3 Å². The molecule has 2 aromatic carbocycles. The van der Waals surface area contributed by atoms with E-state index in [1.807, 2.05) is 42.5 Å². The molecule has 0 fully saturated rings. The first-order valence-corrected chi connectivity index (χ1v) is 5.85. The second kappa shape index (κ2) is 5.91. The minimum atomic E-state index is 0.645. The molecular formula is C15H16N2O2. The molecule has 0 aromatic heterocycles. The van der Waals surface area contributed by atoms with Crippen molar-refractivity contribution in [2.75, 3.05) is 20.0 Å². The summed E-state index contributed by atoms with van der Waals surface area (Å²) in [5, 5.41) is 0. The maximum Gasteiger partial charge on any atom is 0.131 e. The van der Waals surface area contributed by atoms with E-state index in [-0.39, 0.29) is 0 Å². The first-order chi connectivity index (χ1) is 9.24. The molecule has 0 aliphatic heterocycles. The Morgan fingerprint density at radius 2 is 1.84 bits per heavy atom. The zero-order chi connectivity index (χ0) is 13.7. The van der Waals surface area contributed by atoms with Crippen LogP contribution in [0.2, 0.25) is 0 Å². The third-order valence-electron chi connectivity index (χ3n) is 2.72. The molecule has 0 atom stereocenters. The molecule has 0 radical (unpaired) electrons. The summed E-state index contributed by atoms with van der Waals surface area (Å²) in [6, 6.07) is 13.0. The molecule has 0 aliphatic carbocycles. The Labute approximate surface area is 112 Å². The number of benzene rings is 2. The minimum absolute atomic E-state index is 0.645. The number of nitrogen functional groups attached to an aromatic ring is 1. The fourth-order valence-electron chi connectivity index (χ4n) is 1.67. The molecule has 0 saturated heterocycles. The van der Waals surface area contributed by atoms with Crippen LogP contribution in [0.5, 0.6) is 11.5 Å². The molecule has 4 heteroatoms. The summed E-state index contributed by atoms with van der Waals surface area (Å²) in [4.78, 5) is 4.37. The fraction of sp³-hybridized carbons (Fsp3) is 0.133. The quantitative estimate of drug-likeness (QED) is 0.675. The maximum atomic E-state index is 5.84. The van der Waals surface area contributed by atoms with E-state index in [9.17, 15) is 0 Å². The molecule has 0 unspecified atom stereocenters. The summed E-state index contributed by atoms with van der Waals surface area (Å²) in [5.74, 6) is 1.45. The van der Waals surface area contributed by atoms with E-state index in [2.05, 4.69) is 4.99 Å². The SMILES string of the molecule is COc1ccc(C=Nc2ccccc2N)c(OC)c1. The van der Waals surface area contributed by atoms with Crippen LogP contribution in [-0.2, 0) is 0 Å². The van der Waals surface area contributed by atoms with E-state index in [0.29, 0.717) is 11.4 Å². The van der Waals surface area contributed by atoms with Gasteiger partial charge in [0.15, 0.2) is 0 Å². The molecule has 2 rings (SSSR count). The zero-order valence-electron chi connectivity index (χ0n) is 11.0. The predicted molar refractivity (Wildman–Crippen MR) is 77.7 cm³/mol. The van der Waals surface area contributed by atoms with Crippen molar-refractivity contribution in [1.29, 1.82) is 0 Å². The molecule has 0 spiro atoms. The van der Waals surface area contributed by atoms with Gasteiger partial charge in [0.2, 0.25) is 0 Å². The van der Waals surface area contributed by atoms with Crippen molar-refractivity contribution in [1.82, 2.24) is 0 Å². The number of hydrogen-bond acceptors (Lipinski definition) is 4. The number of methoxy groups -OCH3 is 2. The summed E-state index contributed by atoms with van der Waals surface area (Å²) >= 11 is 0. The van der Waals surface area contributed by atoms with Crippen LogP contribution in [0.1, 0.15) is 5.56 Å². The lowest BCUT2D eigenvalue weighted by Crippen LogP contribution is -1.92. The van der Waals surface area contributed by atoms with Gasteiger partial charge in [-0.25, -0.2) is 0 Å². The van der Waals surface area contributed by atoms with Crippen LogP contribution < -0.4 is 15.2 Å². The van der Waals surface area contributed by atoms with Gasteiger partial charge in [-0.2, -0.15) is 0 Å². The molecular weight excluding hydrogens is 240 g/mol. The second-order valence-corrected chi connectivity index (χ2v) is 3.92. The molecule has 0 heterocycles. The van der Waals surface area contributed by atoms with Gasteiger partial charge in [0.25, 0.3) is 0 Å². The molecule has 2 N–H and O–H groups in total. The number of aliphatic imine (C=N–C) groups is 1. The molecule has 2 aromatic rings. The standard InChI is InChI=1S/C15H16N2O2/c1-18-12-8-7-11(15(9-12)19-2)10-17-14-6-4-3-5-13(14)16/h3-10H,16H2,1-2H3. The molecule has 0 aliphatic rings. The van der Waals surface area contributed by atoms with Crippen LogP contribution in [0.15, 0.2) is 47.5 Å². The Balaban J connectivity index is 2.30. The van der Waals surface area contributed by atoms with E-state index < -0.39 is 0 Å². The van der Waals surface area contributed by atoms with Gasteiger partial charge in [-0.1, -0.05) is 12.1 Å². The lowest BCUT2D eigenvalue weighted by molar-refractivity contribution is 0.394. The number of ether oxygens (including phenoxy) is 2. The highest BCUT2D eigenvalue weighted by atomic mass is 16.5. The Morgan fingerprint density at radius 1 is 1.05 bits per heavy atom. The first kappa shape index (κ1) is 13.0. The van der Waals surface area contributed by atoms with Crippen molar-refractivity contribution < 1.29 is 9.47 Å². The van der Waals surface area contributed by atoms with Crippen molar-refractivity contribution in [3.63, 3.8) is 0 Å². The van der Waals surface area contributed by atoms with Gasteiger partial charge in [0.1, 0.15) is 11.5 Å². The summed E-state index contributed by atoms with van der Waals surface area (Å²) in [5.41, 5.74) is 8.08. The van der Waals surface area contributed by atoms with Crippen LogP contribution in [-0.4, -0.2) is 20.4 Å². The van der Waals surface area contributed by atoms with E-state index >= 15 is 0 Å². The first-order valence-electron chi connectivity index (χ1n) is 5.85. The number of rotatable bonds is 4. The van der Waals surface area contributed by atoms with E-state index in [0.717, 1.165) is 17.0 Å². The Hall–Kier alpha value is -2.49. The molecule has 0 bridgehead atoms. The Morgan fingerprint density at radius 3 is 2.53 bits per heavy atom. The normalized spacial score (nSPS) is 10.6. The molecule has 0 saturated carbocycles. The van der Waals surface area contributed by atoms with Crippen molar-refractivity contribution >= 4 is 17.6 Å². The molecule has 98 valence electrons. The van der Waals surface area contributed by atoms with E-state index in [1.165, 1.54) is 0 Å². The average Bonchev–Trinajstić information content (AvgIpc) is 2.46. The number of anilines is 1. The van der Waals surface area contributed by atoms with Gasteiger partial charge < -0.3 is 15.2 Å². The van der Waals surface area contributed by atoms with Crippen molar-refractivity contribution in [3.8, 4) is 11.5 Å². The van der Waals surface area contributed by atoms with Gasteiger partial charge in [-0.3, -0.25) is 4.99 Å². The minimum Gasteiger partial charge on any atom is -0.497 e. The van der Waals surface area contributed by atoms with Crippen molar-refractivity contribution in [3.05, 3.63) is 48.0 Å². The lowest BCUT2D eigenvalue weighted by Gasteiger charge is -2.07. The molecule has 19 heavy (non-hydrogen) atoms. The van der Waals surface area contributed by atoms with Gasteiger partial charge in [0, 0.05) is 17.8 Å². The van der Waals surface area contributed by atoms with Gasteiger partial charge >= 0.3 is 0 Å². The van der Waals surface area contributed by atoms with Crippen LogP contribution in [0.25, 0.3) is 0 Å². The highest BCUT2D eigenvalue weighted by molar-refractivity contribution is 5.87. The van der Waals surface area contributed by atoms with Crippen LogP contribution in [0.4, 0.5) is 11.4 Å². The van der Waals surface area contributed by atoms with E-state index in [4.69, 9.17) is 15.2 Å². The Bertz CT molecular complexity index is 594. The van der Waals surface area contributed by atoms with E-state index in [1.54, 1.807) is 20.4 Å². The molecule has 0 amide bonds. The zero-order valence-corrected chi connectivity index (χ0v) is 11.0.